The second-order valence-electron chi connectivity index (χ2n) is 4.08. The second kappa shape index (κ2) is 6.21. The van der Waals surface area contributed by atoms with E-state index in [9.17, 15) is 9.59 Å². The Kier molecular flexibility index (Phi) is 4.37. The van der Waals surface area contributed by atoms with Gasteiger partial charge in [-0.3, -0.25) is 4.79 Å². The number of anilines is 1. The van der Waals surface area contributed by atoms with Crippen molar-refractivity contribution in [2.45, 2.75) is 6.54 Å². The summed E-state index contributed by atoms with van der Waals surface area (Å²) in [5, 5.41) is 4.55. The van der Waals surface area contributed by atoms with E-state index >= 15 is 0 Å². The van der Waals surface area contributed by atoms with Crippen LogP contribution in [0.5, 0.6) is 0 Å². The first-order chi connectivity index (χ1) is 9.61. The second-order valence-corrected chi connectivity index (χ2v) is 4.99. The van der Waals surface area contributed by atoms with Gasteiger partial charge in [-0.1, -0.05) is 12.1 Å². The molecule has 20 heavy (non-hydrogen) atoms. The van der Waals surface area contributed by atoms with Gasteiger partial charge in [-0.05, 0) is 29.1 Å². The van der Waals surface area contributed by atoms with E-state index in [1.54, 1.807) is 35.7 Å². The van der Waals surface area contributed by atoms with Crippen LogP contribution in [-0.2, 0) is 11.3 Å². The third kappa shape index (κ3) is 3.16. The zero-order chi connectivity index (χ0) is 14.5. The van der Waals surface area contributed by atoms with Gasteiger partial charge in [-0.15, -0.1) is 11.3 Å². The van der Waals surface area contributed by atoms with Crippen molar-refractivity contribution in [2.24, 2.45) is 0 Å². The molecule has 2 aromatic rings. The fourth-order valence-corrected chi connectivity index (χ4v) is 2.38. The molecule has 1 aromatic carbocycles. The van der Waals surface area contributed by atoms with Gasteiger partial charge < -0.3 is 15.8 Å². The number of hydrogen-bond acceptors (Lipinski definition) is 5. The van der Waals surface area contributed by atoms with E-state index in [0.29, 0.717) is 22.7 Å². The number of ether oxygens (including phenoxy) is 1. The number of thiophene rings is 1. The summed E-state index contributed by atoms with van der Waals surface area (Å²) in [7, 11) is 1.34. The zero-order valence-corrected chi connectivity index (χ0v) is 11.7. The molecule has 3 N–H and O–H groups in total. The lowest BCUT2D eigenvalue weighted by molar-refractivity contribution is 0.0600. The van der Waals surface area contributed by atoms with Crippen LogP contribution in [-0.4, -0.2) is 19.0 Å². The third-order valence-electron chi connectivity index (χ3n) is 2.73. The molecule has 104 valence electrons. The number of nitrogens with two attached hydrogens (primary N) is 1. The van der Waals surface area contributed by atoms with Gasteiger partial charge in [0.05, 0.1) is 18.4 Å². The Morgan fingerprint density at radius 2 is 1.95 bits per heavy atom. The van der Waals surface area contributed by atoms with E-state index in [-0.39, 0.29) is 11.9 Å². The Morgan fingerprint density at radius 3 is 2.50 bits per heavy atom. The molecule has 0 aliphatic carbocycles. The normalized spacial score (nSPS) is 10.1. The Bertz CT molecular complexity index is 620. The van der Waals surface area contributed by atoms with Gasteiger partial charge in [-0.25, -0.2) is 4.79 Å². The van der Waals surface area contributed by atoms with Crippen LogP contribution in [0, 0.1) is 0 Å². The van der Waals surface area contributed by atoms with E-state index in [4.69, 9.17) is 5.73 Å². The average Bonchev–Trinajstić information content (AvgIpc) is 2.90. The fraction of sp³-hybridized carbons (Fsp3) is 0.143. The summed E-state index contributed by atoms with van der Waals surface area (Å²) in [5.74, 6) is -0.582. The molecular weight excluding hydrogens is 276 g/mol. The van der Waals surface area contributed by atoms with Crippen LogP contribution in [0.1, 0.15) is 25.6 Å². The summed E-state index contributed by atoms with van der Waals surface area (Å²) in [4.78, 5) is 23.7. The van der Waals surface area contributed by atoms with Crippen LogP contribution >= 0.6 is 11.3 Å². The molecule has 0 radical (unpaired) electrons. The molecule has 0 saturated carbocycles. The van der Waals surface area contributed by atoms with Crippen molar-refractivity contribution >= 4 is 28.9 Å². The Hall–Kier alpha value is -2.34. The van der Waals surface area contributed by atoms with E-state index in [1.165, 1.54) is 18.4 Å². The minimum atomic E-state index is -0.382. The van der Waals surface area contributed by atoms with Crippen molar-refractivity contribution < 1.29 is 14.3 Å². The predicted molar refractivity (Wildman–Crippen MR) is 77.7 cm³/mol. The van der Waals surface area contributed by atoms with E-state index < -0.39 is 0 Å². The monoisotopic (exact) mass is 290 g/mol. The van der Waals surface area contributed by atoms with E-state index in [0.717, 1.165) is 5.56 Å². The molecule has 0 atom stereocenters. The molecule has 0 bridgehead atoms. The van der Waals surface area contributed by atoms with Crippen molar-refractivity contribution in [2.75, 3.05) is 12.8 Å². The highest BCUT2D eigenvalue weighted by molar-refractivity contribution is 7.12. The molecular formula is C14H14N2O3S. The van der Waals surface area contributed by atoms with Crippen molar-refractivity contribution in [3.05, 3.63) is 51.7 Å². The first-order valence-electron chi connectivity index (χ1n) is 5.90. The number of nitrogen functional groups attached to an aromatic ring is 1. The zero-order valence-electron chi connectivity index (χ0n) is 10.9. The highest BCUT2D eigenvalue weighted by Crippen LogP contribution is 2.18. The summed E-state index contributed by atoms with van der Waals surface area (Å²) in [6, 6.07) is 8.55. The summed E-state index contributed by atoms with van der Waals surface area (Å²) in [6.45, 7) is 0.373. The minimum absolute atomic E-state index is 0.199. The standard InChI is InChI=1S/C14H14N2O3S/c1-19-14(18)10-4-2-9(3-5-10)8-16-13(17)12-11(15)6-7-20-12/h2-7H,8,15H2,1H3,(H,16,17). The molecule has 0 aliphatic heterocycles. The van der Waals surface area contributed by atoms with Gasteiger partial charge in [0.15, 0.2) is 0 Å². The van der Waals surface area contributed by atoms with Crippen LogP contribution < -0.4 is 11.1 Å². The third-order valence-corrected chi connectivity index (χ3v) is 3.66. The largest absolute Gasteiger partial charge is 0.465 e. The van der Waals surface area contributed by atoms with Gasteiger partial charge in [0.25, 0.3) is 5.91 Å². The molecule has 0 unspecified atom stereocenters. The van der Waals surface area contributed by atoms with Crippen LogP contribution in [0.15, 0.2) is 35.7 Å². The smallest absolute Gasteiger partial charge is 0.337 e. The van der Waals surface area contributed by atoms with Crippen molar-refractivity contribution in [1.82, 2.24) is 5.32 Å². The quantitative estimate of drug-likeness (QED) is 0.844. The van der Waals surface area contributed by atoms with Crippen molar-refractivity contribution in [1.29, 1.82) is 0 Å². The van der Waals surface area contributed by atoms with Crippen LogP contribution in [0.3, 0.4) is 0 Å². The lowest BCUT2D eigenvalue weighted by Gasteiger charge is -2.05. The number of methoxy groups -OCH3 is 1. The van der Waals surface area contributed by atoms with Crippen molar-refractivity contribution in [3.63, 3.8) is 0 Å². The predicted octanol–water partition coefficient (Wildman–Crippen LogP) is 2.05. The topological polar surface area (TPSA) is 81.4 Å². The molecule has 6 heteroatoms. The molecule has 1 amide bonds. The van der Waals surface area contributed by atoms with Crippen LogP contribution in [0.2, 0.25) is 0 Å². The lowest BCUT2D eigenvalue weighted by Crippen LogP contribution is -2.22. The summed E-state index contributed by atoms with van der Waals surface area (Å²) < 4.78 is 4.62. The highest BCUT2D eigenvalue weighted by Gasteiger charge is 2.10. The Labute approximate surface area is 120 Å². The van der Waals surface area contributed by atoms with E-state index in [1.807, 2.05) is 0 Å². The SMILES string of the molecule is COC(=O)c1ccc(CNC(=O)c2sccc2N)cc1. The maximum absolute atomic E-state index is 11.9. The number of carbonyl (C=O) groups is 2. The van der Waals surface area contributed by atoms with Gasteiger partial charge in [0.1, 0.15) is 4.88 Å². The number of hydrogen-bond donors (Lipinski definition) is 2. The Balaban J connectivity index is 1.96. The number of rotatable bonds is 4. The molecule has 0 spiro atoms. The molecule has 2 rings (SSSR count). The number of nitrogens with one attached hydrogen (secondary N) is 1. The van der Waals surface area contributed by atoms with Gasteiger partial charge >= 0.3 is 5.97 Å². The lowest BCUT2D eigenvalue weighted by atomic mass is 10.1. The molecule has 0 fully saturated rings. The summed E-state index contributed by atoms with van der Waals surface area (Å²) >= 11 is 1.30. The molecule has 0 saturated heterocycles. The first kappa shape index (κ1) is 14.1. The highest BCUT2D eigenvalue weighted by atomic mass is 32.1. The molecule has 5 nitrogen and oxygen atoms in total. The number of esters is 1. The van der Waals surface area contributed by atoms with Gasteiger partial charge in [0.2, 0.25) is 0 Å². The minimum Gasteiger partial charge on any atom is -0.465 e. The molecule has 0 aliphatic rings. The van der Waals surface area contributed by atoms with Gasteiger partial charge in [-0.2, -0.15) is 0 Å². The number of carbonyl (C=O) groups excluding carboxylic acids is 2. The van der Waals surface area contributed by atoms with E-state index in [2.05, 4.69) is 10.1 Å². The maximum Gasteiger partial charge on any atom is 0.337 e. The molecule has 1 heterocycles. The van der Waals surface area contributed by atoms with Crippen LogP contribution in [0.25, 0.3) is 0 Å². The van der Waals surface area contributed by atoms with Gasteiger partial charge in [0, 0.05) is 6.54 Å². The maximum atomic E-state index is 11.9. The first-order valence-corrected chi connectivity index (χ1v) is 6.78. The summed E-state index contributed by atoms with van der Waals surface area (Å²) in [5.41, 5.74) is 7.52. The van der Waals surface area contributed by atoms with Crippen molar-refractivity contribution in [3.8, 4) is 0 Å². The Morgan fingerprint density at radius 1 is 1.25 bits per heavy atom. The number of amides is 1. The average molecular weight is 290 g/mol. The fourth-order valence-electron chi connectivity index (χ4n) is 1.64. The number of benzene rings is 1. The summed E-state index contributed by atoms with van der Waals surface area (Å²) in [6.07, 6.45) is 0. The molecule has 1 aromatic heterocycles. The van der Waals surface area contributed by atoms with Crippen LogP contribution in [0.4, 0.5) is 5.69 Å².